The second kappa shape index (κ2) is 5.71. The van der Waals surface area contributed by atoms with Crippen LogP contribution in [0.1, 0.15) is 34.0 Å². The first-order chi connectivity index (χ1) is 8.86. The number of carbonyl (C=O) groups excluding carboxylic acids is 1. The summed E-state index contributed by atoms with van der Waals surface area (Å²) in [4.78, 5) is 11.6. The summed E-state index contributed by atoms with van der Waals surface area (Å²) in [6.45, 7) is 0.416. The van der Waals surface area contributed by atoms with Crippen molar-refractivity contribution in [3.63, 3.8) is 0 Å². The summed E-state index contributed by atoms with van der Waals surface area (Å²) in [6, 6.07) is 3.15. The molecule has 0 aliphatic heterocycles. The van der Waals surface area contributed by atoms with Gasteiger partial charge >= 0.3 is 12.1 Å². The highest BCUT2D eigenvalue weighted by atomic mass is 19.4. The minimum Gasteiger partial charge on any atom is -0.462 e. The number of nitrogens with zero attached hydrogens (tertiary/aromatic N) is 1. The van der Waals surface area contributed by atoms with Crippen molar-refractivity contribution in [1.82, 2.24) is 0 Å². The predicted molar refractivity (Wildman–Crippen MR) is 58.0 cm³/mol. The van der Waals surface area contributed by atoms with Gasteiger partial charge in [-0.2, -0.15) is 18.4 Å². The topological polar surface area (TPSA) is 70.3 Å². The van der Waals surface area contributed by atoms with E-state index < -0.39 is 35.4 Å². The fraction of sp³-hybridized carbons (Fsp3) is 0.333. The molecule has 0 spiro atoms. The van der Waals surface area contributed by atoms with E-state index >= 15 is 0 Å². The van der Waals surface area contributed by atoms with Crippen molar-refractivity contribution in [2.45, 2.75) is 19.7 Å². The van der Waals surface area contributed by atoms with E-state index in [1.54, 1.807) is 6.07 Å². The minimum atomic E-state index is -4.73. The molecule has 1 rings (SSSR count). The van der Waals surface area contributed by atoms with Crippen LogP contribution in [0.2, 0.25) is 0 Å². The van der Waals surface area contributed by atoms with Crippen molar-refractivity contribution in [2.75, 3.05) is 6.61 Å². The van der Waals surface area contributed by atoms with Crippen molar-refractivity contribution < 1.29 is 27.8 Å². The van der Waals surface area contributed by atoms with E-state index in [2.05, 4.69) is 4.74 Å². The van der Waals surface area contributed by atoms with Gasteiger partial charge in [0.05, 0.1) is 29.9 Å². The third-order valence-electron chi connectivity index (χ3n) is 2.38. The van der Waals surface area contributed by atoms with Crippen LogP contribution in [0.15, 0.2) is 12.1 Å². The first-order valence-corrected chi connectivity index (χ1v) is 5.28. The number of alkyl halides is 3. The molecule has 7 heteroatoms. The van der Waals surface area contributed by atoms with E-state index in [0.717, 1.165) is 6.07 Å². The van der Waals surface area contributed by atoms with E-state index in [-0.39, 0.29) is 12.2 Å². The van der Waals surface area contributed by atoms with E-state index in [4.69, 9.17) is 10.4 Å². The number of esters is 1. The number of nitriles is 1. The lowest BCUT2D eigenvalue weighted by Crippen LogP contribution is -2.17. The third-order valence-corrected chi connectivity index (χ3v) is 2.38. The van der Waals surface area contributed by atoms with Crippen molar-refractivity contribution in [1.29, 1.82) is 5.26 Å². The Bertz CT molecular complexity index is 532. The molecule has 0 fully saturated rings. The molecular weight excluding hydrogens is 263 g/mol. The van der Waals surface area contributed by atoms with Gasteiger partial charge in [-0.3, -0.25) is 0 Å². The molecule has 0 aliphatic carbocycles. The number of ether oxygens (including phenoxy) is 1. The van der Waals surface area contributed by atoms with Crippen molar-refractivity contribution in [2.24, 2.45) is 0 Å². The van der Waals surface area contributed by atoms with Gasteiger partial charge in [-0.15, -0.1) is 0 Å². The van der Waals surface area contributed by atoms with Gasteiger partial charge in [0.1, 0.15) is 6.07 Å². The molecule has 0 saturated heterocycles. The molecule has 19 heavy (non-hydrogen) atoms. The lowest BCUT2D eigenvalue weighted by atomic mass is 9.96. The van der Waals surface area contributed by atoms with Crippen LogP contribution in [0, 0.1) is 11.3 Å². The van der Waals surface area contributed by atoms with Gasteiger partial charge in [-0.1, -0.05) is 0 Å². The predicted octanol–water partition coefficient (Wildman–Crippen LogP) is 2.25. The lowest BCUT2D eigenvalue weighted by molar-refractivity contribution is -0.138. The van der Waals surface area contributed by atoms with E-state index in [1.807, 2.05) is 0 Å². The highest BCUT2D eigenvalue weighted by Crippen LogP contribution is 2.34. The third kappa shape index (κ3) is 3.03. The normalized spacial score (nSPS) is 10.9. The molecule has 0 aromatic heterocycles. The summed E-state index contributed by atoms with van der Waals surface area (Å²) in [7, 11) is 0. The van der Waals surface area contributed by atoms with Crippen LogP contribution in [-0.4, -0.2) is 17.7 Å². The fourth-order valence-corrected chi connectivity index (χ4v) is 1.61. The molecule has 1 aromatic rings. The summed E-state index contributed by atoms with van der Waals surface area (Å²) in [5.41, 5.74) is -2.61. The minimum absolute atomic E-state index is 0.0508. The first kappa shape index (κ1) is 15.0. The van der Waals surface area contributed by atoms with Crippen molar-refractivity contribution in [3.8, 4) is 6.07 Å². The van der Waals surface area contributed by atoms with Gasteiger partial charge < -0.3 is 9.84 Å². The maximum absolute atomic E-state index is 12.8. The van der Waals surface area contributed by atoms with Gasteiger partial charge in [0.25, 0.3) is 0 Å². The molecule has 0 unspecified atom stereocenters. The summed E-state index contributed by atoms with van der Waals surface area (Å²) in [6.07, 6.45) is -4.73. The Hall–Kier alpha value is -2.07. The standard InChI is InChI=1S/C12H10F3NO3/c1-2-19-11(18)10-7(5-16)3-4-9(8(10)6-17)12(13,14)15/h3-4,17H,2,6H2,1H3. The zero-order valence-corrected chi connectivity index (χ0v) is 9.91. The summed E-state index contributed by atoms with van der Waals surface area (Å²) in [5, 5.41) is 17.9. The Balaban J connectivity index is 3.57. The average Bonchev–Trinajstić information content (AvgIpc) is 2.35. The number of aliphatic hydroxyl groups is 1. The zero-order chi connectivity index (χ0) is 14.6. The van der Waals surface area contributed by atoms with Crippen LogP contribution in [0.3, 0.4) is 0 Å². The Kier molecular flexibility index (Phi) is 4.51. The number of halogens is 3. The molecule has 1 aromatic carbocycles. The molecule has 0 bridgehead atoms. The van der Waals surface area contributed by atoms with Gasteiger partial charge in [0.15, 0.2) is 0 Å². The number of hydrogen-bond donors (Lipinski definition) is 1. The maximum Gasteiger partial charge on any atom is 0.416 e. The van der Waals surface area contributed by atoms with Gasteiger partial charge in [-0.25, -0.2) is 4.79 Å². The van der Waals surface area contributed by atoms with Crippen LogP contribution >= 0.6 is 0 Å². The number of carbonyl (C=O) groups is 1. The summed E-state index contributed by atoms with van der Waals surface area (Å²) < 4.78 is 42.9. The highest BCUT2D eigenvalue weighted by molar-refractivity contribution is 5.94. The van der Waals surface area contributed by atoms with E-state index in [0.29, 0.717) is 6.07 Å². The monoisotopic (exact) mass is 273 g/mol. The van der Waals surface area contributed by atoms with E-state index in [1.165, 1.54) is 6.92 Å². The van der Waals surface area contributed by atoms with Gasteiger partial charge in [-0.05, 0) is 19.1 Å². The van der Waals surface area contributed by atoms with Gasteiger partial charge in [0, 0.05) is 5.56 Å². The molecular formula is C12H10F3NO3. The Labute approximate surface area is 107 Å². The van der Waals surface area contributed by atoms with Crippen LogP contribution in [-0.2, 0) is 17.5 Å². The largest absolute Gasteiger partial charge is 0.462 e. The lowest BCUT2D eigenvalue weighted by Gasteiger charge is -2.15. The Morgan fingerprint density at radius 1 is 1.47 bits per heavy atom. The molecule has 0 radical (unpaired) electrons. The van der Waals surface area contributed by atoms with Crippen LogP contribution in [0.5, 0.6) is 0 Å². The molecule has 0 saturated carbocycles. The molecule has 4 nitrogen and oxygen atoms in total. The molecule has 0 heterocycles. The van der Waals surface area contributed by atoms with Crippen LogP contribution in [0.4, 0.5) is 13.2 Å². The second-order valence-corrected chi connectivity index (χ2v) is 3.50. The second-order valence-electron chi connectivity index (χ2n) is 3.50. The summed E-state index contributed by atoms with van der Waals surface area (Å²) >= 11 is 0. The highest BCUT2D eigenvalue weighted by Gasteiger charge is 2.36. The fourth-order valence-electron chi connectivity index (χ4n) is 1.61. The smallest absolute Gasteiger partial charge is 0.416 e. The average molecular weight is 273 g/mol. The Morgan fingerprint density at radius 3 is 2.53 bits per heavy atom. The molecule has 102 valence electrons. The molecule has 0 aliphatic rings. The zero-order valence-electron chi connectivity index (χ0n) is 9.91. The molecule has 0 atom stereocenters. The maximum atomic E-state index is 12.8. The van der Waals surface area contributed by atoms with Crippen LogP contribution < -0.4 is 0 Å². The van der Waals surface area contributed by atoms with E-state index in [9.17, 15) is 18.0 Å². The first-order valence-electron chi connectivity index (χ1n) is 5.28. The van der Waals surface area contributed by atoms with Crippen molar-refractivity contribution in [3.05, 3.63) is 34.4 Å². The number of aliphatic hydroxyl groups excluding tert-OH is 1. The molecule has 0 amide bonds. The van der Waals surface area contributed by atoms with Gasteiger partial charge in [0.2, 0.25) is 0 Å². The number of hydrogen-bond acceptors (Lipinski definition) is 4. The Morgan fingerprint density at radius 2 is 2.11 bits per heavy atom. The number of benzene rings is 1. The number of rotatable bonds is 3. The summed E-state index contributed by atoms with van der Waals surface area (Å²) in [5.74, 6) is -1.06. The SMILES string of the molecule is CCOC(=O)c1c(C#N)ccc(C(F)(F)F)c1CO. The molecule has 1 N–H and O–H groups in total. The van der Waals surface area contributed by atoms with Crippen LogP contribution in [0.25, 0.3) is 0 Å². The quantitative estimate of drug-likeness (QED) is 0.857. The van der Waals surface area contributed by atoms with Crippen molar-refractivity contribution >= 4 is 5.97 Å².